The lowest BCUT2D eigenvalue weighted by molar-refractivity contribution is 0.0491. The van der Waals surface area contributed by atoms with E-state index in [0.717, 1.165) is 5.56 Å². The zero-order valence-corrected chi connectivity index (χ0v) is 8.30. The molecule has 0 aliphatic rings. The van der Waals surface area contributed by atoms with E-state index in [1.54, 1.807) is 11.3 Å². The predicted molar refractivity (Wildman–Crippen MR) is 53.8 cm³/mol. The number of rotatable bonds is 6. The fraction of sp³-hybridized carbons (Fsp3) is 0.556. The van der Waals surface area contributed by atoms with Crippen molar-refractivity contribution >= 4 is 11.3 Å². The molecule has 3 N–H and O–H groups in total. The van der Waals surface area contributed by atoms with Crippen LogP contribution in [0.25, 0.3) is 0 Å². The zero-order chi connectivity index (χ0) is 9.52. The Kier molecular flexibility index (Phi) is 5.00. The minimum Gasteiger partial charge on any atom is -0.396 e. The van der Waals surface area contributed by atoms with Crippen molar-refractivity contribution < 1.29 is 9.84 Å². The Bertz CT molecular complexity index is 213. The third-order valence-electron chi connectivity index (χ3n) is 1.75. The summed E-state index contributed by atoms with van der Waals surface area (Å²) < 4.78 is 5.50. The molecule has 1 aromatic rings. The maximum Gasteiger partial charge on any atom is 0.0955 e. The standard InChI is InChI=1S/C9H15NO2S/c10-6-9(12-4-1-3-11)8-2-5-13-7-8/h2,5,7,9,11H,1,3-4,6,10H2. The van der Waals surface area contributed by atoms with Gasteiger partial charge < -0.3 is 15.6 Å². The first-order chi connectivity index (χ1) is 6.38. The predicted octanol–water partition coefficient (Wildman–Crippen LogP) is 1.15. The first-order valence-electron chi connectivity index (χ1n) is 4.33. The molecule has 4 heteroatoms. The Balaban J connectivity index is 2.35. The van der Waals surface area contributed by atoms with E-state index in [-0.39, 0.29) is 12.7 Å². The third kappa shape index (κ3) is 3.44. The average molecular weight is 201 g/mol. The largest absolute Gasteiger partial charge is 0.396 e. The van der Waals surface area contributed by atoms with E-state index in [2.05, 4.69) is 0 Å². The summed E-state index contributed by atoms with van der Waals surface area (Å²) in [7, 11) is 0. The monoisotopic (exact) mass is 201 g/mol. The van der Waals surface area contributed by atoms with Crippen LogP contribution in [0.15, 0.2) is 16.8 Å². The maximum absolute atomic E-state index is 8.57. The molecule has 1 unspecified atom stereocenters. The van der Waals surface area contributed by atoms with Crippen LogP contribution < -0.4 is 5.73 Å². The summed E-state index contributed by atoms with van der Waals surface area (Å²) in [5.41, 5.74) is 6.69. The number of aliphatic hydroxyl groups excluding tert-OH is 1. The number of ether oxygens (including phenoxy) is 1. The highest BCUT2D eigenvalue weighted by atomic mass is 32.1. The first-order valence-corrected chi connectivity index (χ1v) is 5.27. The molecule has 0 fully saturated rings. The second-order valence-corrected chi connectivity index (χ2v) is 3.51. The number of hydrogen-bond acceptors (Lipinski definition) is 4. The third-order valence-corrected chi connectivity index (χ3v) is 2.45. The second-order valence-electron chi connectivity index (χ2n) is 2.73. The molecule has 0 radical (unpaired) electrons. The van der Waals surface area contributed by atoms with Gasteiger partial charge in [-0.1, -0.05) is 0 Å². The molecule has 0 saturated heterocycles. The Hall–Kier alpha value is -0.420. The minimum atomic E-state index is -0.0159. The van der Waals surface area contributed by atoms with Crippen LogP contribution in [0.5, 0.6) is 0 Å². The van der Waals surface area contributed by atoms with Gasteiger partial charge in [0.25, 0.3) is 0 Å². The summed E-state index contributed by atoms with van der Waals surface area (Å²) in [4.78, 5) is 0. The van der Waals surface area contributed by atoms with Gasteiger partial charge in [0.1, 0.15) is 0 Å². The molecular formula is C9H15NO2S. The molecule has 0 aliphatic carbocycles. The molecule has 0 spiro atoms. The SMILES string of the molecule is NCC(OCCCO)c1ccsc1. The van der Waals surface area contributed by atoms with Crippen molar-refractivity contribution in [1.29, 1.82) is 0 Å². The highest BCUT2D eigenvalue weighted by Crippen LogP contribution is 2.18. The van der Waals surface area contributed by atoms with E-state index in [1.165, 1.54) is 0 Å². The van der Waals surface area contributed by atoms with Gasteiger partial charge in [-0.15, -0.1) is 0 Å². The summed E-state index contributed by atoms with van der Waals surface area (Å²) in [5.74, 6) is 0. The van der Waals surface area contributed by atoms with Crippen molar-refractivity contribution in [2.45, 2.75) is 12.5 Å². The van der Waals surface area contributed by atoms with Gasteiger partial charge in [-0.3, -0.25) is 0 Å². The van der Waals surface area contributed by atoms with Crippen molar-refractivity contribution in [2.75, 3.05) is 19.8 Å². The topological polar surface area (TPSA) is 55.5 Å². The van der Waals surface area contributed by atoms with E-state index in [9.17, 15) is 0 Å². The molecule has 0 aliphatic heterocycles. The van der Waals surface area contributed by atoms with E-state index in [4.69, 9.17) is 15.6 Å². The van der Waals surface area contributed by atoms with Crippen LogP contribution in [0.2, 0.25) is 0 Å². The van der Waals surface area contributed by atoms with Crippen LogP contribution in [0.1, 0.15) is 18.1 Å². The summed E-state index contributed by atoms with van der Waals surface area (Å²) in [6, 6.07) is 2.02. The molecule has 0 aromatic carbocycles. The second kappa shape index (κ2) is 6.10. The van der Waals surface area contributed by atoms with Crippen LogP contribution >= 0.6 is 11.3 Å². The van der Waals surface area contributed by atoms with Gasteiger partial charge in [0.2, 0.25) is 0 Å². The van der Waals surface area contributed by atoms with Crippen LogP contribution in [0, 0.1) is 0 Å². The van der Waals surface area contributed by atoms with Gasteiger partial charge >= 0.3 is 0 Å². The van der Waals surface area contributed by atoms with Crippen LogP contribution in [0.3, 0.4) is 0 Å². The van der Waals surface area contributed by atoms with E-state index < -0.39 is 0 Å². The van der Waals surface area contributed by atoms with Gasteiger partial charge in [-0.05, 0) is 28.8 Å². The highest BCUT2D eigenvalue weighted by molar-refractivity contribution is 7.07. The Morgan fingerprint density at radius 2 is 2.46 bits per heavy atom. The van der Waals surface area contributed by atoms with Gasteiger partial charge in [-0.25, -0.2) is 0 Å². The molecule has 0 saturated carbocycles. The maximum atomic E-state index is 8.57. The number of thiophene rings is 1. The average Bonchev–Trinajstić information content (AvgIpc) is 2.65. The van der Waals surface area contributed by atoms with Gasteiger partial charge in [0.15, 0.2) is 0 Å². The van der Waals surface area contributed by atoms with E-state index in [1.807, 2.05) is 16.8 Å². The number of aliphatic hydroxyl groups is 1. The summed E-state index contributed by atoms with van der Waals surface area (Å²) >= 11 is 1.64. The van der Waals surface area contributed by atoms with Gasteiger partial charge in [0, 0.05) is 19.8 Å². The van der Waals surface area contributed by atoms with Crippen LogP contribution in [-0.4, -0.2) is 24.9 Å². The zero-order valence-electron chi connectivity index (χ0n) is 7.48. The normalized spacial score (nSPS) is 13.1. The molecular weight excluding hydrogens is 186 g/mol. The highest BCUT2D eigenvalue weighted by Gasteiger charge is 2.09. The molecule has 1 heterocycles. The van der Waals surface area contributed by atoms with Crippen LogP contribution in [-0.2, 0) is 4.74 Å². The molecule has 3 nitrogen and oxygen atoms in total. The van der Waals surface area contributed by atoms with Crippen molar-refractivity contribution in [3.63, 3.8) is 0 Å². The number of hydrogen-bond donors (Lipinski definition) is 2. The quantitative estimate of drug-likeness (QED) is 0.679. The van der Waals surface area contributed by atoms with Crippen molar-refractivity contribution in [1.82, 2.24) is 0 Å². The minimum absolute atomic E-state index is 0.0159. The Morgan fingerprint density at radius 3 is 3.00 bits per heavy atom. The van der Waals surface area contributed by atoms with E-state index in [0.29, 0.717) is 19.6 Å². The lowest BCUT2D eigenvalue weighted by Crippen LogP contribution is -2.16. The summed E-state index contributed by atoms with van der Waals surface area (Å²) in [6.45, 7) is 1.22. The van der Waals surface area contributed by atoms with Crippen molar-refractivity contribution in [3.05, 3.63) is 22.4 Å². The first kappa shape index (κ1) is 10.7. The molecule has 74 valence electrons. The lowest BCUT2D eigenvalue weighted by atomic mass is 10.2. The van der Waals surface area contributed by atoms with Crippen LogP contribution in [0.4, 0.5) is 0 Å². The summed E-state index contributed by atoms with van der Waals surface area (Å²) in [6.07, 6.45) is 0.651. The van der Waals surface area contributed by atoms with E-state index >= 15 is 0 Å². The molecule has 13 heavy (non-hydrogen) atoms. The molecule has 0 amide bonds. The Labute approximate surface area is 82.1 Å². The lowest BCUT2D eigenvalue weighted by Gasteiger charge is -2.13. The van der Waals surface area contributed by atoms with Crippen molar-refractivity contribution in [3.8, 4) is 0 Å². The van der Waals surface area contributed by atoms with Crippen molar-refractivity contribution in [2.24, 2.45) is 5.73 Å². The number of nitrogens with two attached hydrogens (primary N) is 1. The summed E-state index contributed by atoms with van der Waals surface area (Å²) in [5, 5.41) is 12.6. The fourth-order valence-corrected chi connectivity index (χ4v) is 1.75. The molecule has 0 bridgehead atoms. The Morgan fingerprint density at radius 1 is 1.62 bits per heavy atom. The molecule has 1 aromatic heterocycles. The fourth-order valence-electron chi connectivity index (χ4n) is 1.05. The molecule has 1 rings (SSSR count). The van der Waals surface area contributed by atoms with Gasteiger partial charge in [0.05, 0.1) is 6.10 Å². The smallest absolute Gasteiger partial charge is 0.0955 e. The molecule has 1 atom stereocenters. The van der Waals surface area contributed by atoms with Gasteiger partial charge in [-0.2, -0.15) is 11.3 Å².